The van der Waals surface area contributed by atoms with Crippen LogP contribution in [-0.2, 0) is 4.79 Å². The molecule has 0 fully saturated rings. The number of nitrogens with one attached hydrogen (secondary N) is 1. The van der Waals surface area contributed by atoms with Gasteiger partial charge in [-0.25, -0.2) is 9.37 Å². The van der Waals surface area contributed by atoms with Crippen molar-refractivity contribution in [2.45, 2.75) is 26.3 Å². The van der Waals surface area contributed by atoms with Gasteiger partial charge in [0.2, 0.25) is 5.91 Å². The van der Waals surface area contributed by atoms with Gasteiger partial charge in [0.05, 0.1) is 23.1 Å². The van der Waals surface area contributed by atoms with Gasteiger partial charge in [0.25, 0.3) is 0 Å². The fourth-order valence-corrected chi connectivity index (χ4v) is 3.81. The molecule has 0 saturated heterocycles. The number of aryl methyl sites for hydroxylation is 1. The van der Waals surface area contributed by atoms with Gasteiger partial charge in [0.1, 0.15) is 23.5 Å². The third-order valence-electron chi connectivity index (χ3n) is 5.63. The van der Waals surface area contributed by atoms with E-state index in [0.717, 1.165) is 5.56 Å². The molecule has 0 spiro atoms. The fourth-order valence-electron chi connectivity index (χ4n) is 3.81. The Bertz CT molecular complexity index is 1390. The number of benzene rings is 2. The van der Waals surface area contributed by atoms with Crippen molar-refractivity contribution < 1.29 is 9.18 Å². The van der Waals surface area contributed by atoms with Gasteiger partial charge in [-0.05, 0) is 30.5 Å². The van der Waals surface area contributed by atoms with E-state index in [1.165, 1.54) is 0 Å². The first-order valence-electron chi connectivity index (χ1n) is 10.5. The van der Waals surface area contributed by atoms with Gasteiger partial charge in [-0.1, -0.05) is 49.4 Å². The predicted octanol–water partition coefficient (Wildman–Crippen LogP) is 4.96. The van der Waals surface area contributed by atoms with E-state index >= 15 is 0 Å². The normalized spacial score (nSPS) is 11.7. The van der Waals surface area contributed by atoms with Crippen molar-refractivity contribution in [3.63, 3.8) is 0 Å². The highest BCUT2D eigenvalue weighted by atomic mass is 19.1. The maximum atomic E-state index is 14.6. The summed E-state index contributed by atoms with van der Waals surface area (Å²) in [7, 11) is 0. The van der Waals surface area contributed by atoms with E-state index in [4.69, 9.17) is 5.73 Å². The van der Waals surface area contributed by atoms with Gasteiger partial charge >= 0.3 is 0 Å². The lowest BCUT2D eigenvalue weighted by Gasteiger charge is -2.19. The molecule has 0 unspecified atom stereocenters. The number of rotatable bonds is 6. The van der Waals surface area contributed by atoms with Crippen LogP contribution in [0.4, 0.5) is 10.1 Å². The molecule has 4 rings (SSSR count). The lowest BCUT2D eigenvalue weighted by molar-refractivity contribution is -0.118. The van der Waals surface area contributed by atoms with Crippen LogP contribution in [0.5, 0.6) is 0 Å². The number of hydrogen-bond acceptors (Lipinski definition) is 5. The maximum absolute atomic E-state index is 14.6. The summed E-state index contributed by atoms with van der Waals surface area (Å²) in [6, 6.07) is 15.8. The molecule has 0 aliphatic heterocycles. The van der Waals surface area contributed by atoms with Crippen LogP contribution >= 0.6 is 0 Å². The molecule has 0 saturated carbocycles. The number of nitrogens with two attached hydrogens (primary N) is 1. The van der Waals surface area contributed by atoms with Crippen LogP contribution < -0.4 is 11.1 Å². The number of primary amides is 1. The van der Waals surface area contributed by atoms with Crippen molar-refractivity contribution in [3.8, 4) is 28.5 Å². The second-order valence-electron chi connectivity index (χ2n) is 7.74. The summed E-state index contributed by atoms with van der Waals surface area (Å²) < 4.78 is 14.6. The van der Waals surface area contributed by atoms with E-state index in [2.05, 4.69) is 21.4 Å². The largest absolute Gasteiger partial charge is 0.372 e. The number of carbonyl (C=O) groups is 1. The summed E-state index contributed by atoms with van der Waals surface area (Å²) in [5.41, 5.74) is 9.81. The van der Waals surface area contributed by atoms with Crippen LogP contribution in [0, 0.1) is 24.1 Å². The minimum Gasteiger partial charge on any atom is -0.372 e. The summed E-state index contributed by atoms with van der Waals surface area (Å²) in [5, 5.41) is 13.8. The van der Waals surface area contributed by atoms with Gasteiger partial charge in [-0.2, -0.15) is 5.26 Å². The molecule has 6 nitrogen and oxygen atoms in total. The van der Waals surface area contributed by atoms with E-state index in [-0.39, 0.29) is 5.82 Å². The van der Waals surface area contributed by atoms with Crippen molar-refractivity contribution in [2.75, 3.05) is 5.32 Å². The third-order valence-corrected chi connectivity index (χ3v) is 5.63. The number of anilines is 1. The zero-order chi connectivity index (χ0) is 23.5. The maximum Gasteiger partial charge on any atom is 0.239 e. The predicted molar refractivity (Wildman–Crippen MR) is 127 cm³/mol. The SMILES string of the molecule is CC[C@@H](Nc1c(C#N)c(-c2ccc(-c3cccc(C)c3F)cc2)nc2cnccc12)C(N)=O. The summed E-state index contributed by atoms with van der Waals surface area (Å²) >= 11 is 0. The highest BCUT2D eigenvalue weighted by Gasteiger charge is 2.21. The first-order valence-corrected chi connectivity index (χ1v) is 10.5. The van der Waals surface area contributed by atoms with E-state index < -0.39 is 11.9 Å². The van der Waals surface area contributed by atoms with E-state index in [1.807, 2.05) is 13.0 Å². The molecule has 0 aliphatic carbocycles. The topological polar surface area (TPSA) is 105 Å². The molecule has 2 heterocycles. The minimum absolute atomic E-state index is 0.263. The Hall–Kier alpha value is -4.31. The lowest BCUT2D eigenvalue weighted by atomic mass is 9.97. The lowest BCUT2D eigenvalue weighted by Crippen LogP contribution is -2.35. The molecule has 2 aromatic heterocycles. The zero-order valence-electron chi connectivity index (χ0n) is 18.3. The van der Waals surface area contributed by atoms with Crippen molar-refractivity contribution in [3.05, 3.63) is 77.9 Å². The molecule has 33 heavy (non-hydrogen) atoms. The second-order valence-corrected chi connectivity index (χ2v) is 7.74. The van der Waals surface area contributed by atoms with Gasteiger partial charge in [0, 0.05) is 22.7 Å². The minimum atomic E-state index is -0.643. The first-order chi connectivity index (χ1) is 15.9. The molecule has 1 atom stereocenters. The zero-order valence-corrected chi connectivity index (χ0v) is 18.3. The molecule has 0 bridgehead atoms. The van der Waals surface area contributed by atoms with E-state index in [1.54, 1.807) is 61.8 Å². The van der Waals surface area contributed by atoms with E-state index in [0.29, 0.717) is 51.0 Å². The molecule has 2 aromatic carbocycles. The molecule has 4 aromatic rings. The summed E-state index contributed by atoms with van der Waals surface area (Å²) in [6.07, 6.45) is 3.67. The average Bonchev–Trinajstić information content (AvgIpc) is 2.83. The van der Waals surface area contributed by atoms with Gasteiger partial charge in [0.15, 0.2) is 0 Å². The Morgan fingerprint density at radius 2 is 1.91 bits per heavy atom. The Morgan fingerprint density at radius 1 is 1.18 bits per heavy atom. The van der Waals surface area contributed by atoms with Crippen LogP contribution in [0.1, 0.15) is 24.5 Å². The quantitative estimate of drug-likeness (QED) is 0.442. The molecule has 3 N–H and O–H groups in total. The van der Waals surface area contributed by atoms with Crippen molar-refractivity contribution in [2.24, 2.45) is 5.73 Å². The monoisotopic (exact) mass is 439 g/mol. The summed E-state index contributed by atoms with van der Waals surface area (Å²) in [5.74, 6) is -0.770. The van der Waals surface area contributed by atoms with Gasteiger partial charge in [-0.15, -0.1) is 0 Å². The first kappa shape index (κ1) is 21.9. The van der Waals surface area contributed by atoms with Crippen LogP contribution in [0.15, 0.2) is 60.9 Å². The van der Waals surface area contributed by atoms with Gasteiger partial charge in [-0.3, -0.25) is 9.78 Å². The van der Waals surface area contributed by atoms with E-state index in [9.17, 15) is 14.4 Å². The summed E-state index contributed by atoms with van der Waals surface area (Å²) in [6.45, 7) is 3.56. The Morgan fingerprint density at radius 3 is 2.58 bits per heavy atom. The Kier molecular flexibility index (Phi) is 6.01. The third kappa shape index (κ3) is 4.11. The molecule has 0 radical (unpaired) electrons. The van der Waals surface area contributed by atoms with Crippen LogP contribution in [0.25, 0.3) is 33.3 Å². The highest BCUT2D eigenvalue weighted by molar-refractivity contribution is 5.99. The standard InChI is InChI=1S/C26H22FN5O/c1-3-21(26(29)33)31-25-19-11-12-30-14-22(19)32-24(20(25)13-28)17-9-7-16(8-10-17)18-6-4-5-15(2)23(18)27/h4-12,14,21H,3H2,1-2H3,(H2,29,33)(H,31,32)/t21-/m1/s1. The van der Waals surface area contributed by atoms with Crippen LogP contribution in [0.2, 0.25) is 0 Å². The smallest absolute Gasteiger partial charge is 0.239 e. The van der Waals surface area contributed by atoms with Crippen molar-refractivity contribution in [1.29, 1.82) is 5.26 Å². The van der Waals surface area contributed by atoms with Crippen molar-refractivity contribution in [1.82, 2.24) is 9.97 Å². The number of nitrogens with zero attached hydrogens (tertiary/aromatic N) is 3. The number of fused-ring (bicyclic) bond motifs is 1. The average molecular weight is 439 g/mol. The van der Waals surface area contributed by atoms with Crippen molar-refractivity contribution >= 4 is 22.5 Å². The van der Waals surface area contributed by atoms with Gasteiger partial charge < -0.3 is 11.1 Å². The molecule has 0 aliphatic rings. The number of nitriles is 1. The molecular weight excluding hydrogens is 417 g/mol. The number of pyridine rings is 2. The Balaban J connectivity index is 1.86. The van der Waals surface area contributed by atoms with Crippen LogP contribution in [0.3, 0.4) is 0 Å². The fraction of sp³-hybridized carbons (Fsp3) is 0.154. The second kappa shape index (κ2) is 9.05. The molecular formula is C26H22FN5O. The summed E-state index contributed by atoms with van der Waals surface area (Å²) in [4.78, 5) is 20.7. The number of amides is 1. The molecule has 1 amide bonds. The van der Waals surface area contributed by atoms with Crippen LogP contribution in [-0.4, -0.2) is 21.9 Å². The Labute approximate surface area is 190 Å². The molecule has 164 valence electrons. The molecule has 7 heteroatoms. The highest BCUT2D eigenvalue weighted by Crippen LogP contribution is 2.35. The number of carbonyl (C=O) groups excluding carboxylic acids is 1. The number of aromatic nitrogens is 2. The number of hydrogen-bond donors (Lipinski definition) is 2. The number of halogens is 1.